The van der Waals surface area contributed by atoms with Gasteiger partial charge in [0.05, 0.1) is 33.5 Å². The quantitative estimate of drug-likeness (QED) is 0.524. The Morgan fingerprint density at radius 3 is 2.50 bits per heavy atom. The van der Waals surface area contributed by atoms with Crippen molar-refractivity contribution in [3.63, 3.8) is 0 Å². The van der Waals surface area contributed by atoms with Gasteiger partial charge in [0.15, 0.2) is 0 Å². The van der Waals surface area contributed by atoms with Gasteiger partial charge >= 0.3 is 5.97 Å². The second-order valence-corrected chi connectivity index (χ2v) is 4.61. The van der Waals surface area contributed by atoms with E-state index in [2.05, 4.69) is 4.74 Å². The van der Waals surface area contributed by atoms with Gasteiger partial charge in [-0.2, -0.15) is 0 Å². The van der Waals surface area contributed by atoms with Crippen LogP contribution in [-0.4, -0.2) is 49.2 Å². The molecular formula is C16H22O6. The zero-order valence-corrected chi connectivity index (χ0v) is 12.8. The summed E-state index contributed by atoms with van der Waals surface area (Å²) in [4.78, 5) is 11.0. The molecule has 0 aliphatic heterocycles. The molecule has 0 radical (unpaired) electrons. The van der Waals surface area contributed by atoms with E-state index < -0.39 is 24.8 Å². The standard InChI is InChI=1S/C16H22O6/c1-20-13-8-6-12(7-9-13)11-22-15(14(18)10-17)4-3-5-16(19)21-2/h3,5-9,14-15,17-18H,4,10-11H2,1-2H3. The Bertz CT molecular complexity index is 468. The van der Waals surface area contributed by atoms with E-state index in [1.165, 1.54) is 13.2 Å². The largest absolute Gasteiger partial charge is 0.497 e. The predicted octanol–water partition coefficient (Wildman–Crippen LogP) is 1.05. The molecule has 1 rings (SSSR count). The van der Waals surface area contributed by atoms with Crippen LogP contribution in [-0.2, 0) is 20.9 Å². The van der Waals surface area contributed by atoms with Crippen LogP contribution in [0.3, 0.4) is 0 Å². The molecule has 2 unspecified atom stereocenters. The second-order valence-electron chi connectivity index (χ2n) is 4.61. The normalized spacial score (nSPS) is 13.8. The molecule has 6 heteroatoms. The molecule has 122 valence electrons. The van der Waals surface area contributed by atoms with Crippen molar-refractivity contribution in [2.45, 2.75) is 25.2 Å². The molecule has 0 saturated heterocycles. The zero-order valence-electron chi connectivity index (χ0n) is 12.8. The molecule has 1 aromatic rings. The lowest BCUT2D eigenvalue weighted by Crippen LogP contribution is -2.31. The maximum Gasteiger partial charge on any atom is 0.330 e. The maximum absolute atomic E-state index is 11.0. The number of aliphatic hydroxyl groups is 2. The number of aliphatic hydroxyl groups excluding tert-OH is 2. The highest BCUT2D eigenvalue weighted by molar-refractivity contribution is 5.81. The van der Waals surface area contributed by atoms with Crippen LogP contribution in [0.5, 0.6) is 5.75 Å². The van der Waals surface area contributed by atoms with Gasteiger partial charge in [0.1, 0.15) is 11.9 Å². The van der Waals surface area contributed by atoms with E-state index in [0.29, 0.717) is 0 Å². The smallest absolute Gasteiger partial charge is 0.330 e. The van der Waals surface area contributed by atoms with Crippen LogP contribution < -0.4 is 4.74 Å². The Kier molecular flexibility index (Phi) is 8.21. The van der Waals surface area contributed by atoms with E-state index in [0.717, 1.165) is 11.3 Å². The number of benzene rings is 1. The number of hydrogen-bond donors (Lipinski definition) is 2. The zero-order chi connectivity index (χ0) is 16.4. The van der Waals surface area contributed by atoms with Crippen molar-refractivity contribution in [1.82, 2.24) is 0 Å². The molecule has 0 spiro atoms. The lowest BCUT2D eigenvalue weighted by molar-refractivity contribution is -0.134. The minimum atomic E-state index is -1.03. The highest BCUT2D eigenvalue weighted by Gasteiger charge is 2.18. The highest BCUT2D eigenvalue weighted by Crippen LogP contribution is 2.14. The lowest BCUT2D eigenvalue weighted by atomic mass is 10.1. The van der Waals surface area contributed by atoms with E-state index in [1.807, 2.05) is 24.3 Å². The van der Waals surface area contributed by atoms with E-state index in [9.17, 15) is 9.90 Å². The minimum Gasteiger partial charge on any atom is -0.497 e. The Morgan fingerprint density at radius 2 is 1.95 bits per heavy atom. The molecule has 0 fully saturated rings. The van der Waals surface area contributed by atoms with Gasteiger partial charge in [-0.15, -0.1) is 0 Å². The van der Waals surface area contributed by atoms with E-state index in [4.69, 9.17) is 14.6 Å². The first kappa shape index (κ1) is 18.2. The molecule has 0 heterocycles. The van der Waals surface area contributed by atoms with Crippen molar-refractivity contribution in [1.29, 1.82) is 0 Å². The van der Waals surface area contributed by atoms with Crippen LogP contribution in [0.1, 0.15) is 12.0 Å². The van der Waals surface area contributed by atoms with E-state index in [1.54, 1.807) is 13.2 Å². The fourth-order valence-electron chi connectivity index (χ4n) is 1.75. The number of hydrogen-bond acceptors (Lipinski definition) is 6. The van der Waals surface area contributed by atoms with Crippen LogP contribution in [0.2, 0.25) is 0 Å². The number of ether oxygens (including phenoxy) is 3. The predicted molar refractivity (Wildman–Crippen MR) is 80.4 cm³/mol. The molecule has 0 aliphatic rings. The van der Waals surface area contributed by atoms with Crippen LogP contribution in [0, 0.1) is 0 Å². The number of esters is 1. The molecule has 0 bridgehead atoms. The number of rotatable bonds is 9. The molecule has 22 heavy (non-hydrogen) atoms. The van der Waals surface area contributed by atoms with Crippen molar-refractivity contribution in [2.24, 2.45) is 0 Å². The monoisotopic (exact) mass is 310 g/mol. The Morgan fingerprint density at radius 1 is 1.27 bits per heavy atom. The van der Waals surface area contributed by atoms with Gasteiger partial charge in [-0.1, -0.05) is 18.2 Å². The van der Waals surface area contributed by atoms with Gasteiger partial charge in [0.25, 0.3) is 0 Å². The summed E-state index contributed by atoms with van der Waals surface area (Å²) in [5.41, 5.74) is 0.910. The fraction of sp³-hybridized carbons (Fsp3) is 0.438. The average Bonchev–Trinajstić information content (AvgIpc) is 2.57. The number of carbonyl (C=O) groups is 1. The molecule has 0 aliphatic carbocycles. The summed E-state index contributed by atoms with van der Waals surface area (Å²) in [5, 5.41) is 18.8. The van der Waals surface area contributed by atoms with Crippen LogP contribution >= 0.6 is 0 Å². The van der Waals surface area contributed by atoms with E-state index >= 15 is 0 Å². The Hall–Kier alpha value is -1.89. The molecule has 1 aromatic carbocycles. The SMILES string of the molecule is COC(=O)C=CCC(OCc1ccc(OC)cc1)C(O)CO. The van der Waals surface area contributed by atoms with Crippen molar-refractivity contribution >= 4 is 5.97 Å². The van der Waals surface area contributed by atoms with Crippen LogP contribution in [0.15, 0.2) is 36.4 Å². The van der Waals surface area contributed by atoms with Gasteiger partial charge in [0.2, 0.25) is 0 Å². The second kappa shape index (κ2) is 9.94. The van der Waals surface area contributed by atoms with Crippen molar-refractivity contribution in [2.75, 3.05) is 20.8 Å². The molecule has 6 nitrogen and oxygen atoms in total. The van der Waals surface area contributed by atoms with Gasteiger partial charge in [0, 0.05) is 6.08 Å². The van der Waals surface area contributed by atoms with Gasteiger partial charge in [-0.3, -0.25) is 0 Å². The lowest BCUT2D eigenvalue weighted by Gasteiger charge is -2.20. The summed E-state index contributed by atoms with van der Waals surface area (Å²) in [6, 6.07) is 7.33. The van der Waals surface area contributed by atoms with Crippen LogP contribution in [0.4, 0.5) is 0 Å². The topological polar surface area (TPSA) is 85.2 Å². The fourth-order valence-corrected chi connectivity index (χ4v) is 1.75. The molecule has 0 amide bonds. The Balaban J connectivity index is 2.56. The highest BCUT2D eigenvalue weighted by atomic mass is 16.5. The summed E-state index contributed by atoms with van der Waals surface area (Å²) >= 11 is 0. The summed E-state index contributed by atoms with van der Waals surface area (Å²) in [7, 11) is 2.87. The summed E-state index contributed by atoms with van der Waals surface area (Å²) in [6.45, 7) is -0.142. The van der Waals surface area contributed by atoms with Crippen molar-refractivity contribution in [3.8, 4) is 5.75 Å². The first-order chi connectivity index (χ1) is 10.6. The number of methoxy groups -OCH3 is 2. The summed E-state index contributed by atoms with van der Waals surface area (Å²) in [6.07, 6.45) is 1.44. The van der Waals surface area contributed by atoms with Crippen molar-refractivity contribution < 1.29 is 29.2 Å². The van der Waals surface area contributed by atoms with Gasteiger partial charge in [-0.25, -0.2) is 4.79 Å². The molecule has 2 N–H and O–H groups in total. The van der Waals surface area contributed by atoms with Gasteiger partial charge < -0.3 is 24.4 Å². The third-order valence-corrected chi connectivity index (χ3v) is 3.06. The first-order valence-electron chi connectivity index (χ1n) is 6.88. The first-order valence-corrected chi connectivity index (χ1v) is 6.88. The number of carbonyl (C=O) groups excluding carboxylic acids is 1. The van der Waals surface area contributed by atoms with Gasteiger partial charge in [-0.05, 0) is 24.1 Å². The summed E-state index contributed by atoms with van der Waals surface area (Å²) < 4.78 is 15.2. The molecule has 0 aromatic heterocycles. The average molecular weight is 310 g/mol. The van der Waals surface area contributed by atoms with E-state index in [-0.39, 0.29) is 13.0 Å². The molecule has 0 saturated carbocycles. The Labute approximate surface area is 129 Å². The molecular weight excluding hydrogens is 288 g/mol. The minimum absolute atomic E-state index is 0.276. The van der Waals surface area contributed by atoms with Crippen LogP contribution in [0.25, 0.3) is 0 Å². The van der Waals surface area contributed by atoms with Crippen molar-refractivity contribution in [3.05, 3.63) is 42.0 Å². The third kappa shape index (κ3) is 6.26. The third-order valence-electron chi connectivity index (χ3n) is 3.06. The maximum atomic E-state index is 11.0. The summed E-state index contributed by atoms with van der Waals surface area (Å²) in [5.74, 6) is 0.268. The molecule has 2 atom stereocenters.